The smallest absolute Gasteiger partial charge is 0.334 e. The van der Waals surface area contributed by atoms with Crippen LogP contribution in [0.15, 0.2) is 11.8 Å². The molecule has 1 unspecified atom stereocenters. The van der Waals surface area contributed by atoms with Crippen LogP contribution in [0.25, 0.3) is 0 Å². The van der Waals surface area contributed by atoms with Gasteiger partial charge in [-0.3, -0.25) is 0 Å². The lowest BCUT2D eigenvalue weighted by Crippen LogP contribution is -2.40. The molecule has 0 aliphatic rings. The average Bonchev–Trinajstić information content (AvgIpc) is 2.44. The maximum Gasteiger partial charge on any atom is 0.334 e. The molecule has 0 radical (unpaired) electrons. The van der Waals surface area contributed by atoms with Crippen molar-refractivity contribution in [3.05, 3.63) is 11.8 Å². The Bertz CT molecular complexity index is 478. The van der Waals surface area contributed by atoms with Crippen LogP contribution in [0.5, 0.6) is 0 Å². The number of esters is 1. The van der Waals surface area contributed by atoms with Gasteiger partial charge in [0, 0.05) is 13.0 Å². The third-order valence-corrected chi connectivity index (χ3v) is 8.60. The Morgan fingerprint density at radius 1 is 1.25 bits per heavy atom. The summed E-state index contributed by atoms with van der Waals surface area (Å²) < 4.78 is 16.6. The van der Waals surface area contributed by atoms with Crippen molar-refractivity contribution >= 4 is 14.3 Å². The van der Waals surface area contributed by atoms with Crippen LogP contribution in [0.1, 0.15) is 54.4 Å². The van der Waals surface area contributed by atoms with E-state index in [4.69, 9.17) is 13.9 Å². The number of hydrogen-bond acceptors (Lipinski definition) is 4. The zero-order valence-electron chi connectivity index (χ0n) is 16.6. The Morgan fingerprint density at radius 2 is 1.88 bits per heavy atom. The minimum absolute atomic E-state index is 0.213. The van der Waals surface area contributed by atoms with E-state index >= 15 is 0 Å². The van der Waals surface area contributed by atoms with E-state index in [2.05, 4.69) is 45.7 Å². The fraction of sp³-hybridized carbons (Fsp3) is 0.737. The van der Waals surface area contributed by atoms with Crippen molar-refractivity contribution in [1.29, 1.82) is 0 Å². The topological polar surface area (TPSA) is 44.8 Å². The van der Waals surface area contributed by atoms with Crippen molar-refractivity contribution in [3.63, 3.8) is 0 Å². The highest BCUT2D eigenvalue weighted by atomic mass is 28.4. The molecule has 5 heteroatoms. The molecule has 138 valence electrons. The first-order valence-corrected chi connectivity index (χ1v) is 11.6. The maximum atomic E-state index is 11.4. The highest BCUT2D eigenvalue weighted by Gasteiger charge is 2.36. The van der Waals surface area contributed by atoms with Gasteiger partial charge in [0.05, 0.1) is 12.7 Å². The molecule has 0 rings (SSSR count). The van der Waals surface area contributed by atoms with Gasteiger partial charge in [-0.2, -0.15) is 0 Å². The molecule has 24 heavy (non-hydrogen) atoms. The van der Waals surface area contributed by atoms with Crippen LogP contribution in [0, 0.1) is 11.8 Å². The molecule has 1 atom stereocenters. The molecular weight excluding hydrogens is 320 g/mol. The molecule has 0 amide bonds. The third kappa shape index (κ3) is 9.14. The third-order valence-electron chi connectivity index (χ3n) is 4.07. The van der Waals surface area contributed by atoms with E-state index in [0.717, 1.165) is 6.42 Å². The normalized spacial score (nSPS) is 13.8. The van der Waals surface area contributed by atoms with E-state index < -0.39 is 8.32 Å². The lowest BCUT2D eigenvalue weighted by Gasteiger charge is -2.35. The van der Waals surface area contributed by atoms with Crippen LogP contribution in [-0.2, 0) is 18.7 Å². The van der Waals surface area contributed by atoms with Crippen LogP contribution in [0.3, 0.4) is 0 Å². The van der Waals surface area contributed by atoms with Crippen molar-refractivity contribution in [3.8, 4) is 11.8 Å². The summed E-state index contributed by atoms with van der Waals surface area (Å²) in [6.45, 7) is 17.7. The fourth-order valence-electron chi connectivity index (χ4n) is 1.58. The minimum Gasteiger partial charge on any atom is -0.482 e. The van der Waals surface area contributed by atoms with E-state index in [-0.39, 0.29) is 17.1 Å². The van der Waals surface area contributed by atoms with E-state index in [1.165, 1.54) is 6.08 Å². The Hall–Kier alpha value is -1.25. The van der Waals surface area contributed by atoms with Gasteiger partial charge in [-0.15, -0.1) is 0 Å². The number of rotatable bonds is 8. The van der Waals surface area contributed by atoms with Crippen LogP contribution in [-0.4, -0.2) is 33.6 Å². The van der Waals surface area contributed by atoms with Crippen LogP contribution in [0.2, 0.25) is 18.1 Å². The number of carbonyl (C=O) groups excluding carboxylic acids is 1. The van der Waals surface area contributed by atoms with Gasteiger partial charge in [-0.1, -0.05) is 39.5 Å². The van der Waals surface area contributed by atoms with Gasteiger partial charge in [0.2, 0.25) is 0 Å². The maximum absolute atomic E-state index is 11.4. The largest absolute Gasteiger partial charge is 0.482 e. The highest BCUT2D eigenvalue weighted by molar-refractivity contribution is 6.74. The summed E-state index contributed by atoms with van der Waals surface area (Å²) in [7, 11) is -1.70. The number of hydrogen-bond donors (Lipinski definition) is 0. The molecule has 0 aliphatic carbocycles. The molecule has 0 aliphatic heterocycles. The zero-order chi connectivity index (χ0) is 18.8. The number of carbonyl (C=O) groups is 1. The summed E-state index contributed by atoms with van der Waals surface area (Å²) in [6, 6.07) is 0. The summed E-state index contributed by atoms with van der Waals surface area (Å²) in [4.78, 5) is 11.4. The van der Waals surface area contributed by atoms with E-state index in [9.17, 15) is 4.79 Å². The van der Waals surface area contributed by atoms with Crippen molar-refractivity contribution in [2.45, 2.75) is 78.6 Å². The first kappa shape index (κ1) is 22.7. The molecule has 0 N–H and O–H groups in total. The second-order valence-corrected chi connectivity index (χ2v) is 12.0. The molecule has 0 bridgehead atoms. The lowest BCUT2D eigenvalue weighted by atomic mass is 10.2. The average molecular weight is 355 g/mol. The molecule has 0 aromatic rings. The summed E-state index contributed by atoms with van der Waals surface area (Å²) in [5.41, 5.74) is 0. The molecule has 0 saturated heterocycles. The molecule has 0 heterocycles. The highest BCUT2D eigenvalue weighted by Crippen LogP contribution is 2.36. The van der Waals surface area contributed by atoms with Crippen molar-refractivity contribution in [1.82, 2.24) is 0 Å². The summed E-state index contributed by atoms with van der Waals surface area (Å²) in [5, 5.41) is 0.213. The monoisotopic (exact) mass is 354 g/mol. The van der Waals surface area contributed by atoms with Crippen molar-refractivity contribution < 1.29 is 18.7 Å². The van der Waals surface area contributed by atoms with Gasteiger partial charge in [0.1, 0.15) is 5.76 Å². The van der Waals surface area contributed by atoms with Crippen LogP contribution in [0.4, 0.5) is 0 Å². The van der Waals surface area contributed by atoms with E-state index in [0.29, 0.717) is 25.4 Å². The second kappa shape index (κ2) is 10.6. The van der Waals surface area contributed by atoms with E-state index in [1.807, 2.05) is 6.92 Å². The number of allylic oxidation sites excluding steroid dienone is 1. The van der Waals surface area contributed by atoms with Gasteiger partial charge in [0.15, 0.2) is 14.4 Å². The molecular formula is C19H34O4Si. The van der Waals surface area contributed by atoms with E-state index in [1.54, 1.807) is 13.8 Å². The Balaban J connectivity index is 4.41. The Labute approximate surface area is 149 Å². The molecule has 0 aromatic heterocycles. The molecule has 0 saturated carbocycles. The molecule has 0 fully saturated rings. The number of ether oxygens (including phenoxy) is 2. The fourth-order valence-corrected chi connectivity index (χ4v) is 2.63. The molecule has 0 aromatic carbocycles. The SMILES string of the molecule is CCOC(=O)/C=C(\C)OC(C#CCCO[Si](C)(C)C(C)(C)C)CC. The quantitative estimate of drug-likeness (QED) is 0.159. The first-order valence-electron chi connectivity index (χ1n) is 8.67. The predicted octanol–water partition coefficient (Wildman–Crippen LogP) is 4.66. The predicted molar refractivity (Wildman–Crippen MR) is 101 cm³/mol. The second-order valence-electron chi connectivity index (χ2n) is 7.20. The van der Waals surface area contributed by atoms with Gasteiger partial charge in [-0.25, -0.2) is 4.79 Å². The van der Waals surface area contributed by atoms with Crippen LogP contribution < -0.4 is 0 Å². The summed E-state index contributed by atoms with van der Waals surface area (Å²) in [6.07, 6.45) is 2.58. The first-order chi connectivity index (χ1) is 11.0. The summed E-state index contributed by atoms with van der Waals surface area (Å²) >= 11 is 0. The standard InChI is InChI=1S/C19H34O4Si/c1-9-17(23-16(3)15-18(20)21-10-2)13-11-12-14-22-24(7,8)19(4,5)6/h15,17H,9-10,12,14H2,1-8H3/b16-15+. The lowest BCUT2D eigenvalue weighted by molar-refractivity contribution is -0.137. The zero-order valence-corrected chi connectivity index (χ0v) is 17.6. The van der Waals surface area contributed by atoms with Gasteiger partial charge >= 0.3 is 5.97 Å². The van der Waals surface area contributed by atoms with Crippen molar-refractivity contribution in [2.24, 2.45) is 0 Å². The summed E-state index contributed by atoms with van der Waals surface area (Å²) in [5.74, 6) is 6.36. The Morgan fingerprint density at radius 3 is 2.38 bits per heavy atom. The Kier molecular flexibility index (Phi) is 10.0. The van der Waals surface area contributed by atoms with Gasteiger partial charge < -0.3 is 13.9 Å². The van der Waals surface area contributed by atoms with Crippen molar-refractivity contribution in [2.75, 3.05) is 13.2 Å². The minimum atomic E-state index is -1.70. The molecule has 4 nitrogen and oxygen atoms in total. The van der Waals surface area contributed by atoms with Gasteiger partial charge in [0.25, 0.3) is 0 Å². The van der Waals surface area contributed by atoms with Gasteiger partial charge in [-0.05, 0) is 38.4 Å². The molecule has 0 spiro atoms. The van der Waals surface area contributed by atoms with Crippen LogP contribution >= 0.6 is 0 Å².